The van der Waals surface area contributed by atoms with Crippen LogP contribution in [0, 0.1) is 0 Å². The third kappa shape index (κ3) is 4.47. The van der Waals surface area contributed by atoms with Crippen LogP contribution in [0.5, 0.6) is 0 Å². The van der Waals surface area contributed by atoms with Gasteiger partial charge in [0.2, 0.25) is 5.91 Å². The van der Waals surface area contributed by atoms with Crippen molar-refractivity contribution in [2.24, 2.45) is 0 Å². The predicted octanol–water partition coefficient (Wildman–Crippen LogP) is 1.76. The van der Waals surface area contributed by atoms with Crippen molar-refractivity contribution in [1.29, 1.82) is 0 Å². The molecule has 0 aromatic rings. The van der Waals surface area contributed by atoms with E-state index in [-0.39, 0.29) is 18.6 Å². The van der Waals surface area contributed by atoms with Gasteiger partial charge in [0.05, 0.1) is 12.6 Å². The van der Waals surface area contributed by atoms with Crippen molar-refractivity contribution >= 4 is 5.91 Å². The van der Waals surface area contributed by atoms with Gasteiger partial charge in [-0.1, -0.05) is 18.6 Å². The third-order valence-electron chi connectivity index (χ3n) is 2.85. The number of allylic oxidation sites excluding steroid dienone is 1. The number of hydrogen-bond donors (Lipinski definition) is 2. The van der Waals surface area contributed by atoms with Gasteiger partial charge >= 0.3 is 0 Å². The topological polar surface area (TPSA) is 49.3 Å². The fourth-order valence-corrected chi connectivity index (χ4v) is 1.83. The standard InChI is InChI=1S/C12H21NO2/c1-2-11(9-14)13-12(15)8-10-6-4-3-5-7-10/h6,11,14H,2-5,7-9H2,1H3,(H,13,15)/t11-/m0/s1. The lowest BCUT2D eigenvalue weighted by atomic mass is 9.97. The Balaban J connectivity index is 2.31. The van der Waals surface area contributed by atoms with Gasteiger partial charge in [0.1, 0.15) is 0 Å². The molecular weight excluding hydrogens is 190 g/mol. The van der Waals surface area contributed by atoms with Gasteiger partial charge in [-0.05, 0) is 32.1 Å². The number of aliphatic hydroxyl groups excluding tert-OH is 1. The lowest BCUT2D eigenvalue weighted by Crippen LogP contribution is -2.37. The van der Waals surface area contributed by atoms with Crippen LogP contribution in [0.3, 0.4) is 0 Å². The maximum atomic E-state index is 11.6. The highest BCUT2D eigenvalue weighted by Gasteiger charge is 2.12. The average Bonchev–Trinajstić information content (AvgIpc) is 2.27. The van der Waals surface area contributed by atoms with E-state index in [0.29, 0.717) is 6.42 Å². The van der Waals surface area contributed by atoms with Gasteiger partial charge in [-0.2, -0.15) is 0 Å². The first-order valence-corrected chi connectivity index (χ1v) is 5.84. The summed E-state index contributed by atoms with van der Waals surface area (Å²) in [5.41, 5.74) is 1.26. The average molecular weight is 211 g/mol. The van der Waals surface area contributed by atoms with Crippen LogP contribution in [0.25, 0.3) is 0 Å². The molecule has 3 heteroatoms. The fraction of sp³-hybridized carbons (Fsp3) is 0.750. The smallest absolute Gasteiger partial charge is 0.224 e. The van der Waals surface area contributed by atoms with Gasteiger partial charge in [0.25, 0.3) is 0 Å². The first-order chi connectivity index (χ1) is 7.26. The molecule has 15 heavy (non-hydrogen) atoms. The number of carbonyl (C=O) groups excluding carboxylic acids is 1. The summed E-state index contributed by atoms with van der Waals surface area (Å²) in [4.78, 5) is 11.6. The highest BCUT2D eigenvalue weighted by molar-refractivity contribution is 5.78. The molecule has 0 spiro atoms. The monoisotopic (exact) mass is 211 g/mol. The zero-order valence-corrected chi connectivity index (χ0v) is 9.46. The van der Waals surface area contributed by atoms with Gasteiger partial charge in [-0.25, -0.2) is 0 Å². The van der Waals surface area contributed by atoms with E-state index in [2.05, 4.69) is 11.4 Å². The summed E-state index contributed by atoms with van der Waals surface area (Å²) < 4.78 is 0. The molecule has 0 radical (unpaired) electrons. The quantitative estimate of drug-likeness (QED) is 0.681. The van der Waals surface area contributed by atoms with E-state index in [4.69, 9.17) is 5.11 Å². The number of amides is 1. The minimum absolute atomic E-state index is 0.0291. The van der Waals surface area contributed by atoms with Gasteiger partial charge in [0, 0.05) is 6.42 Å². The molecule has 86 valence electrons. The largest absolute Gasteiger partial charge is 0.394 e. The van der Waals surface area contributed by atoms with E-state index < -0.39 is 0 Å². The molecule has 0 saturated heterocycles. The number of nitrogens with one attached hydrogen (secondary N) is 1. The van der Waals surface area contributed by atoms with Crippen molar-refractivity contribution < 1.29 is 9.90 Å². The molecule has 1 atom stereocenters. The maximum absolute atomic E-state index is 11.6. The lowest BCUT2D eigenvalue weighted by molar-refractivity contribution is -0.121. The van der Waals surface area contributed by atoms with Crippen molar-refractivity contribution in [3.8, 4) is 0 Å². The van der Waals surface area contributed by atoms with Crippen LogP contribution in [0.4, 0.5) is 0 Å². The van der Waals surface area contributed by atoms with Crippen LogP contribution in [-0.4, -0.2) is 23.7 Å². The molecule has 2 N–H and O–H groups in total. The molecule has 0 fully saturated rings. The van der Waals surface area contributed by atoms with Crippen molar-refractivity contribution in [3.63, 3.8) is 0 Å². The van der Waals surface area contributed by atoms with E-state index in [1.165, 1.54) is 18.4 Å². The van der Waals surface area contributed by atoms with E-state index in [0.717, 1.165) is 19.3 Å². The van der Waals surface area contributed by atoms with Gasteiger partial charge in [-0.15, -0.1) is 0 Å². The number of hydrogen-bond acceptors (Lipinski definition) is 2. The third-order valence-corrected chi connectivity index (χ3v) is 2.85. The Kier molecular flexibility index (Phi) is 5.40. The molecule has 0 aromatic heterocycles. The molecule has 0 aromatic carbocycles. The van der Waals surface area contributed by atoms with Crippen LogP contribution in [-0.2, 0) is 4.79 Å². The van der Waals surface area contributed by atoms with E-state index in [9.17, 15) is 4.79 Å². The second-order valence-electron chi connectivity index (χ2n) is 4.14. The Bertz CT molecular complexity index is 232. The summed E-state index contributed by atoms with van der Waals surface area (Å²) in [6.45, 7) is 1.99. The molecule has 1 rings (SSSR count). The summed E-state index contributed by atoms with van der Waals surface area (Å²) in [6.07, 6.45) is 8.10. The van der Waals surface area contributed by atoms with Crippen LogP contribution in [0.2, 0.25) is 0 Å². The second kappa shape index (κ2) is 6.62. The van der Waals surface area contributed by atoms with Crippen molar-refractivity contribution in [1.82, 2.24) is 5.32 Å². The molecule has 3 nitrogen and oxygen atoms in total. The Morgan fingerprint density at radius 3 is 2.93 bits per heavy atom. The molecule has 1 amide bonds. The Hall–Kier alpha value is -0.830. The highest BCUT2D eigenvalue weighted by Crippen LogP contribution is 2.19. The van der Waals surface area contributed by atoms with Crippen LogP contribution >= 0.6 is 0 Å². The number of carbonyl (C=O) groups is 1. The molecule has 0 saturated carbocycles. The van der Waals surface area contributed by atoms with Gasteiger partial charge in [-0.3, -0.25) is 4.79 Å². The zero-order valence-electron chi connectivity index (χ0n) is 9.46. The summed E-state index contributed by atoms with van der Waals surface area (Å²) in [5, 5.41) is 11.8. The summed E-state index contributed by atoms with van der Waals surface area (Å²) in [5.74, 6) is 0.0454. The van der Waals surface area contributed by atoms with Gasteiger partial charge < -0.3 is 10.4 Å². The fourth-order valence-electron chi connectivity index (χ4n) is 1.83. The van der Waals surface area contributed by atoms with E-state index >= 15 is 0 Å². The van der Waals surface area contributed by atoms with Crippen LogP contribution in [0.1, 0.15) is 45.4 Å². The number of rotatable bonds is 5. The van der Waals surface area contributed by atoms with Crippen molar-refractivity contribution in [2.75, 3.05) is 6.61 Å². The Morgan fingerprint density at radius 2 is 2.40 bits per heavy atom. The molecule has 0 heterocycles. The molecule has 0 bridgehead atoms. The Morgan fingerprint density at radius 1 is 1.60 bits per heavy atom. The lowest BCUT2D eigenvalue weighted by Gasteiger charge is -2.16. The van der Waals surface area contributed by atoms with Gasteiger partial charge in [0.15, 0.2) is 0 Å². The molecule has 0 unspecified atom stereocenters. The first kappa shape index (κ1) is 12.2. The maximum Gasteiger partial charge on any atom is 0.224 e. The summed E-state index contributed by atoms with van der Waals surface area (Å²) in [6, 6.07) is -0.0818. The minimum atomic E-state index is -0.0818. The zero-order chi connectivity index (χ0) is 11.1. The number of aliphatic hydroxyl groups is 1. The van der Waals surface area contributed by atoms with Crippen LogP contribution < -0.4 is 5.32 Å². The molecule has 1 aliphatic carbocycles. The predicted molar refractivity (Wildman–Crippen MR) is 60.5 cm³/mol. The SMILES string of the molecule is CC[C@@H](CO)NC(=O)CC1=CCCCC1. The summed E-state index contributed by atoms with van der Waals surface area (Å²) in [7, 11) is 0. The Labute approximate surface area is 91.6 Å². The van der Waals surface area contributed by atoms with Crippen molar-refractivity contribution in [2.45, 2.75) is 51.5 Å². The van der Waals surface area contributed by atoms with Crippen molar-refractivity contribution in [3.05, 3.63) is 11.6 Å². The van der Waals surface area contributed by atoms with E-state index in [1.807, 2.05) is 6.92 Å². The van der Waals surface area contributed by atoms with Crippen LogP contribution in [0.15, 0.2) is 11.6 Å². The molecular formula is C12H21NO2. The second-order valence-corrected chi connectivity index (χ2v) is 4.14. The first-order valence-electron chi connectivity index (χ1n) is 5.84. The molecule has 1 aliphatic rings. The minimum Gasteiger partial charge on any atom is -0.394 e. The van der Waals surface area contributed by atoms with E-state index in [1.54, 1.807) is 0 Å². The molecule has 0 aliphatic heterocycles. The highest BCUT2D eigenvalue weighted by atomic mass is 16.3. The normalized spacial score (nSPS) is 18.1. The summed E-state index contributed by atoms with van der Waals surface area (Å²) >= 11 is 0.